The van der Waals surface area contributed by atoms with Gasteiger partial charge in [-0.25, -0.2) is 0 Å². The molecule has 1 saturated heterocycles. The van der Waals surface area contributed by atoms with E-state index in [2.05, 4.69) is 0 Å². The largest absolute Gasteiger partial charge is 0.495 e. The summed E-state index contributed by atoms with van der Waals surface area (Å²) in [5.41, 5.74) is 0.295. The van der Waals surface area contributed by atoms with Crippen LogP contribution in [0.25, 0.3) is 0 Å². The van der Waals surface area contributed by atoms with E-state index in [0.717, 1.165) is 0 Å². The first kappa shape index (κ1) is 14.6. The van der Waals surface area contributed by atoms with Gasteiger partial charge >= 0.3 is 7.12 Å². The van der Waals surface area contributed by atoms with Crippen LogP contribution in [0.1, 0.15) is 45.0 Å². The van der Waals surface area contributed by atoms with Gasteiger partial charge in [-0.05, 0) is 46.1 Å². The van der Waals surface area contributed by atoms with Crippen LogP contribution in [-0.4, -0.2) is 24.1 Å². The van der Waals surface area contributed by atoms with Crippen molar-refractivity contribution in [3.05, 3.63) is 28.8 Å². The second-order valence-corrected chi connectivity index (χ2v) is 6.26. The second-order valence-electron chi connectivity index (χ2n) is 5.85. The van der Waals surface area contributed by atoms with Crippen molar-refractivity contribution >= 4 is 30.0 Å². The van der Waals surface area contributed by atoms with E-state index in [1.54, 1.807) is 12.1 Å². The maximum atomic E-state index is 11.8. The second kappa shape index (κ2) is 4.62. The van der Waals surface area contributed by atoms with E-state index in [1.165, 1.54) is 6.92 Å². The van der Waals surface area contributed by atoms with Crippen molar-refractivity contribution < 1.29 is 14.1 Å². The Balaban J connectivity index is 2.46. The van der Waals surface area contributed by atoms with Crippen molar-refractivity contribution in [3.8, 4) is 0 Å². The molecule has 1 aliphatic heterocycles. The van der Waals surface area contributed by atoms with Crippen LogP contribution in [0.5, 0.6) is 0 Å². The molecule has 3 nitrogen and oxygen atoms in total. The van der Waals surface area contributed by atoms with Crippen molar-refractivity contribution in [1.29, 1.82) is 0 Å². The third-order valence-electron chi connectivity index (χ3n) is 3.91. The fourth-order valence-electron chi connectivity index (χ4n) is 2.08. The van der Waals surface area contributed by atoms with Crippen LogP contribution in [0.2, 0.25) is 5.02 Å². The summed E-state index contributed by atoms with van der Waals surface area (Å²) in [5, 5.41) is 0.430. The Labute approximate surface area is 119 Å². The molecule has 0 amide bonds. The van der Waals surface area contributed by atoms with Gasteiger partial charge < -0.3 is 9.31 Å². The molecule has 19 heavy (non-hydrogen) atoms. The first-order chi connectivity index (χ1) is 8.66. The van der Waals surface area contributed by atoms with Crippen molar-refractivity contribution in [1.82, 2.24) is 0 Å². The maximum absolute atomic E-state index is 11.8. The molecule has 1 fully saturated rings. The van der Waals surface area contributed by atoms with Gasteiger partial charge in [-0.15, -0.1) is 0 Å². The van der Waals surface area contributed by atoms with Crippen LogP contribution in [0.3, 0.4) is 0 Å². The molecule has 0 radical (unpaired) electrons. The van der Waals surface area contributed by atoms with E-state index in [0.29, 0.717) is 16.0 Å². The first-order valence-electron chi connectivity index (χ1n) is 6.31. The van der Waals surface area contributed by atoms with E-state index in [9.17, 15) is 4.79 Å². The van der Waals surface area contributed by atoms with Gasteiger partial charge in [-0.1, -0.05) is 23.7 Å². The number of Topliss-reactive ketones (excluding diaryl/α,β-unsaturated/α-hetero) is 1. The zero-order valence-corrected chi connectivity index (χ0v) is 12.7. The Bertz CT molecular complexity index is 509. The van der Waals surface area contributed by atoms with E-state index in [1.807, 2.05) is 33.8 Å². The average Bonchev–Trinajstić information content (AvgIpc) is 2.47. The van der Waals surface area contributed by atoms with Gasteiger partial charge in [0, 0.05) is 5.56 Å². The van der Waals surface area contributed by atoms with Crippen LogP contribution >= 0.6 is 11.6 Å². The van der Waals surface area contributed by atoms with Crippen LogP contribution in [-0.2, 0) is 9.31 Å². The minimum atomic E-state index is -0.567. The zero-order chi connectivity index (χ0) is 14.4. The average molecular weight is 281 g/mol. The van der Waals surface area contributed by atoms with Gasteiger partial charge in [-0.2, -0.15) is 0 Å². The molecule has 0 bridgehead atoms. The minimum absolute atomic E-state index is 0.0877. The Morgan fingerprint density at radius 2 is 1.68 bits per heavy atom. The third-order valence-corrected chi connectivity index (χ3v) is 4.22. The highest BCUT2D eigenvalue weighted by Gasteiger charge is 2.52. The highest BCUT2D eigenvalue weighted by molar-refractivity contribution is 6.64. The lowest BCUT2D eigenvalue weighted by Crippen LogP contribution is -2.41. The number of carbonyl (C=O) groups is 1. The Kier molecular flexibility index (Phi) is 3.54. The zero-order valence-electron chi connectivity index (χ0n) is 11.9. The van der Waals surface area contributed by atoms with Gasteiger partial charge in [0.05, 0.1) is 16.2 Å². The molecule has 1 aromatic carbocycles. The van der Waals surface area contributed by atoms with Crippen molar-refractivity contribution in [2.24, 2.45) is 0 Å². The van der Waals surface area contributed by atoms with E-state index < -0.39 is 18.3 Å². The molecule has 2 rings (SSSR count). The molecule has 0 spiro atoms. The predicted molar refractivity (Wildman–Crippen MR) is 77.2 cm³/mol. The van der Waals surface area contributed by atoms with Gasteiger partial charge in [0.25, 0.3) is 0 Å². The number of hydrogen-bond acceptors (Lipinski definition) is 3. The smallest absolute Gasteiger partial charge is 0.399 e. The Morgan fingerprint density at radius 3 is 2.16 bits per heavy atom. The van der Waals surface area contributed by atoms with Crippen LogP contribution in [0.4, 0.5) is 0 Å². The number of ketones is 1. The molecule has 0 atom stereocenters. The molecular weight excluding hydrogens is 262 g/mol. The van der Waals surface area contributed by atoms with Gasteiger partial charge in [0.1, 0.15) is 0 Å². The van der Waals surface area contributed by atoms with Gasteiger partial charge in [0.15, 0.2) is 5.78 Å². The number of benzene rings is 1. The normalized spacial score (nSPS) is 20.6. The summed E-state index contributed by atoms with van der Waals surface area (Å²) in [6.45, 7) is 9.40. The highest BCUT2D eigenvalue weighted by Crippen LogP contribution is 2.37. The van der Waals surface area contributed by atoms with Crippen LogP contribution in [0, 0.1) is 0 Å². The first-order valence-corrected chi connectivity index (χ1v) is 6.68. The number of halogens is 1. The molecule has 0 unspecified atom stereocenters. The molecule has 1 heterocycles. The Morgan fingerprint density at radius 1 is 1.16 bits per heavy atom. The summed E-state index contributed by atoms with van der Waals surface area (Å²) in [5.74, 6) is -0.0877. The Hall–Kier alpha value is -0.835. The molecular formula is C14H18BClO3. The predicted octanol–water partition coefficient (Wildman–Crippen LogP) is 2.84. The summed E-state index contributed by atoms with van der Waals surface area (Å²) in [4.78, 5) is 11.8. The van der Waals surface area contributed by atoms with Gasteiger partial charge in [-0.3, -0.25) is 4.79 Å². The fourth-order valence-corrected chi connectivity index (χ4v) is 2.39. The minimum Gasteiger partial charge on any atom is -0.399 e. The SMILES string of the molecule is CC(=O)c1c(Cl)cccc1B1OC(C)(C)C(C)(C)O1. The standard InChI is InChI=1S/C14H18BClO3/c1-9(17)12-10(7-6-8-11(12)16)15-18-13(2,3)14(4,5)19-15/h6-8H,1-5H3. The topological polar surface area (TPSA) is 35.5 Å². The van der Waals surface area contributed by atoms with E-state index in [-0.39, 0.29) is 5.78 Å². The molecule has 5 heteroatoms. The summed E-state index contributed by atoms with van der Waals surface area (Å²) in [6.07, 6.45) is 0. The lowest BCUT2D eigenvalue weighted by Gasteiger charge is -2.32. The summed E-state index contributed by atoms with van der Waals surface area (Å²) >= 11 is 6.11. The lowest BCUT2D eigenvalue weighted by molar-refractivity contribution is 0.00578. The molecule has 102 valence electrons. The molecule has 1 aliphatic rings. The van der Waals surface area contributed by atoms with Crippen LogP contribution < -0.4 is 5.46 Å². The number of rotatable bonds is 2. The lowest BCUT2D eigenvalue weighted by atomic mass is 9.75. The monoisotopic (exact) mass is 280 g/mol. The molecule has 1 aromatic rings. The number of carbonyl (C=O) groups excluding carboxylic acids is 1. The van der Waals surface area contributed by atoms with Crippen molar-refractivity contribution in [2.75, 3.05) is 0 Å². The van der Waals surface area contributed by atoms with Crippen molar-refractivity contribution in [3.63, 3.8) is 0 Å². The molecule has 0 saturated carbocycles. The molecule has 0 N–H and O–H groups in total. The van der Waals surface area contributed by atoms with Crippen LogP contribution in [0.15, 0.2) is 18.2 Å². The van der Waals surface area contributed by atoms with E-state index >= 15 is 0 Å². The van der Waals surface area contributed by atoms with E-state index in [4.69, 9.17) is 20.9 Å². The summed E-state index contributed by atoms with van der Waals surface area (Å²) in [7, 11) is -0.567. The number of hydrogen-bond donors (Lipinski definition) is 0. The third kappa shape index (κ3) is 2.45. The molecule has 0 aliphatic carbocycles. The molecule has 0 aromatic heterocycles. The highest BCUT2D eigenvalue weighted by atomic mass is 35.5. The maximum Gasteiger partial charge on any atom is 0.495 e. The van der Waals surface area contributed by atoms with Gasteiger partial charge in [0.2, 0.25) is 0 Å². The summed E-state index contributed by atoms with van der Waals surface area (Å²) < 4.78 is 11.9. The quantitative estimate of drug-likeness (QED) is 0.617. The fraction of sp³-hybridized carbons (Fsp3) is 0.500. The van der Waals surface area contributed by atoms with Crippen molar-refractivity contribution in [2.45, 2.75) is 45.8 Å². The summed E-state index contributed by atoms with van der Waals surface area (Å²) in [6, 6.07) is 5.33.